The van der Waals surface area contributed by atoms with Gasteiger partial charge in [0, 0.05) is 32.6 Å². The first-order chi connectivity index (χ1) is 14.3. The summed E-state index contributed by atoms with van der Waals surface area (Å²) in [6, 6.07) is 18.7. The molecular formula is C24H34IN3O2. The second-order valence-corrected chi connectivity index (χ2v) is 7.53. The summed E-state index contributed by atoms with van der Waals surface area (Å²) in [5, 5.41) is 3.52. The van der Waals surface area contributed by atoms with E-state index in [0.29, 0.717) is 12.5 Å². The minimum atomic E-state index is 0. The molecule has 1 aliphatic rings. The van der Waals surface area contributed by atoms with E-state index in [9.17, 15) is 0 Å². The molecule has 0 amide bonds. The van der Waals surface area contributed by atoms with E-state index in [-0.39, 0.29) is 24.0 Å². The van der Waals surface area contributed by atoms with Crippen LogP contribution in [0.15, 0.2) is 59.6 Å². The predicted octanol–water partition coefficient (Wildman–Crippen LogP) is 4.36. The van der Waals surface area contributed by atoms with Gasteiger partial charge in [-0.15, -0.1) is 24.0 Å². The first-order valence-electron chi connectivity index (χ1n) is 10.5. The Hall–Kier alpha value is -1.80. The lowest BCUT2D eigenvalue weighted by Gasteiger charge is -2.21. The second-order valence-electron chi connectivity index (χ2n) is 7.53. The Labute approximate surface area is 197 Å². The zero-order valence-corrected chi connectivity index (χ0v) is 20.4. The molecule has 3 rings (SSSR count). The van der Waals surface area contributed by atoms with Gasteiger partial charge in [0.25, 0.3) is 0 Å². The monoisotopic (exact) mass is 523 g/mol. The number of methoxy groups -OCH3 is 1. The van der Waals surface area contributed by atoms with E-state index in [1.54, 1.807) is 7.11 Å². The Bertz CT molecular complexity index is 770. The molecule has 1 fully saturated rings. The van der Waals surface area contributed by atoms with Crippen LogP contribution in [0.4, 0.5) is 0 Å². The molecule has 0 spiro atoms. The van der Waals surface area contributed by atoms with Gasteiger partial charge in [-0.05, 0) is 42.5 Å². The molecule has 30 heavy (non-hydrogen) atoms. The van der Waals surface area contributed by atoms with Crippen molar-refractivity contribution in [3.8, 4) is 5.75 Å². The van der Waals surface area contributed by atoms with Gasteiger partial charge in [0.15, 0.2) is 5.96 Å². The number of aryl methyl sites for hydroxylation is 1. The molecule has 1 saturated heterocycles. The minimum Gasteiger partial charge on any atom is -0.497 e. The molecule has 1 atom stereocenters. The van der Waals surface area contributed by atoms with Crippen LogP contribution in [0.1, 0.15) is 24.0 Å². The number of likely N-dealkylation sites (tertiary alicyclic amines) is 1. The van der Waals surface area contributed by atoms with Crippen molar-refractivity contribution in [2.24, 2.45) is 10.9 Å². The molecule has 2 aromatic carbocycles. The summed E-state index contributed by atoms with van der Waals surface area (Å²) in [7, 11) is 3.57. The molecule has 0 saturated carbocycles. The number of hydrogen-bond donors (Lipinski definition) is 1. The maximum absolute atomic E-state index is 5.93. The van der Waals surface area contributed by atoms with Crippen LogP contribution in [0.25, 0.3) is 0 Å². The Morgan fingerprint density at radius 1 is 1.13 bits per heavy atom. The number of nitrogens with zero attached hydrogens (tertiary/aromatic N) is 2. The van der Waals surface area contributed by atoms with E-state index in [2.05, 4.69) is 51.6 Å². The fourth-order valence-electron chi connectivity index (χ4n) is 3.73. The molecule has 0 aromatic heterocycles. The van der Waals surface area contributed by atoms with Crippen molar-refractivity contribution in [1.82, 2.24) is 10.2 Å². The van der Waals surface area contributed by atoms with Gasteiger partial charge in [-0.3, -0.25) is 4.99 Å². The largest absolute Gasteiger partial charge is 0.497 e. The van der Waals surface area contributed by atoms with Crippen LogP contribution in [0, 0.1) is 5.92 Å². The molecule has 1 N–H and O–H groups in total. The fraction of sp³-hybridized carbons (Fsp3) is 0.458. The summed E-state index contributed by atoms with van der Waals surface area (Å²) in [5.74, 6) is 2.49. The summed E-state index contributed by atoms with van der Waals surface area (Å²) in [6.45, 7) is 4.45. The van der Waals surface area contributed by atoms with Crippen LogP contribution in [0.5, 0.6) is 5.75 Å². The van der Waals surface area contributed by atoms with Gasteiger partial charge < -0.3 is 19.7 Å². The van der Waals surface area contributed by atoms with Gasteiger partial charge in [0.05, 0.1) is 20.3 Å². The Morgan fingerprint density at radius 2 is 1.93 bits per heavy atom. The normalized spacial score (nSPS) is 16.3. The SMILES string of the molecule is CN=C(NCCCc1cccc(OC)c1)N1CCC(COCc2ccccc2)C1.I. The highest BCUT2D eigenvalue weighted by Gasteiger charge is 2.24. The van der Waals surface area contributed by atoms with E-state index in [1.165, 1.54) is 11.1 Å². The van der Waals surface area contributed by atoms with Crippen LogP contribution >= 0.6 is 24.0 Å². The molecule has 0 aliphatic carbocycles. The van der Waals surface area contributed by atoms with Crippen molar-refractivity contribution < 1.29 is 9.47 Å². The first-order valence-corrected chi connectivity index (χ1v) is 10.5. The third-order valence-electron chi connectivity index (χ3n) is 5.32. The highest BCUT2D eigenvalue weighted by molar-refractivity contribution is 14.0. The number of guanidine groups is 1. The second kappa shape index (κ2) is 13.5. The molecular weight excluding hydrogens is 489 g/mol. The highest BCUT2D eigenvalue weighted by atomic mass is 127. The molecule has 0 bridgehead atoms. The predicted molar refractivity (Wildman–Crippen MR) is 134 cm³/mol. The molecule has 1 unspecified atom stereocenters. The number of hydrogen-bond acceptors (Lipinski definition) is 3. The van der Waals surface area contributed by atoms with Crippen molar-refractivity contribution in [3.05, 3.63) is 65.7 Å². The number of benzene rings is 2. The van der Waals surface area contributed by atoms with Crippen molar-refractivity contribution in [1.29, 1.82) is 0 Å². The van der Waals surface area contributed by atoms with Crippen LogP contribution < -0.4 is 10.1 Å². The van der Waals surface area contributed by atoms with Crippen LogP contribution in [0.3, 0.4) is 0 Å². The Kier molecular flexibility index (Phi) is 11.0. The van der Waals surface area contributed by atoms with Gasteiger partial charge in [-0.2, -0.15) is 0 Å². The number of nitrogens with one attached hydrogen (secondary N) is 1. The summed E-state index contributed by atoms with van der Waals surface area (Å²) >= 11 is 0. The molecule has 164 valence electrons. The zero-order chi connectivity index (χ0) is 20.3. The Balaban J connectivity index is 0.00000320. The molecule has 1 heterocycles. The van der Waals surface area contributed by atoms with Crippen LogP contribution in [-0.4, -0.2) is 51.3 Å². The van der Waals surface area contributed by atoms with Gasteiger partial charge in [-0.25, -0.2) is 0 Å². The van der Waals surface area contributed by atoms with Gasteiger partial charge in [0.1, 0.15) is 5.75 Å². The fourth-order valence-corrected chi connectivity index (χ4v) is 3.73. The van der Waals surface area contributed by atoms with E-state index < -0.39 is 0 Å². The standard InChI is InChI=1S/C24H33N3O2.HI/c1-25-24(26-14-7-11-20-10-6-12-23(16-20)28-2)27-15-13-22(17-27)19-29-18-21-8-4-3-5-9-21;/h3-6,8-10,12,16,22H,7,11,13-15,17-19H2,1-2H3,(H,25,26);1H. The summed E-state index contributed by atoms with van der Waals surface area (Å²) in [5.41, 5.74) is 2.54. The maximum atomic E-state index is 5.93. The van der Waals surface area contributed by atoms with E-state index in [0.717, 1.165) is 57.2 Å². The highest BCUT2D eigenvalue weighted by Crippen LogP contribution is 2.17. The molecule has 5 nitrogen and oxygen atoms in total. The van der Waals surface area contributed by atoms with E-state index >= 15 is 0 Å². The molecule has 6 heteroatoms. The van der Waals surface area contributed by atoms with Crippen molar-refractivity contribution in [2.45, 2.75) is 25.9 Å². The molecule has 2 aromatic rings. The van der Waals surface area contributed by atoms with Crippen molar-refractivity contribution >= 4 is 29.9 Å². The smallest absolute Gasteiger partial charge is 0.193 e. The number of rotatable bonds is 9. The quantitative estimate of drug-likeness (QED) is 0.230. The summed E-state index contributed by atoms with van der Waals surface area (Å²) in [4.78, 5) is 6.82. The van der Waals surface area contributed by atoms with Gasteiger partial charge in [-0.1, -0.05) is 42.5 Å². The lowest BCUT2D eigenvalue weighted by atomic mass is 10.1. The number of ether oxygens (including phenoxy) is 2. The summed E-state index contributed by atoms with van der Waals surface area (Å²) in [6.07, 6.45) is 3.24. The third kappa shape index (κ3) is 7.80. The zero-order valence-electron chi connectivity index (χ0n) is 18.0. The van der Waals surface area contributed by atoms with Crippen LogP contribution in [0.2, 0.25) is 0 Å². The average Bonchev–Trinajstić information content (AvgIpc) is 3.23. The Morgan fingerprint density at radius 3 is 2.70 bits per heavy atom. The maximum Gasteiger partial charge on any atom is 0.193 e. The minimum absolute atomic E-state index is 0. The third-order valence-corrected chi connectivity index (χ3v) is 5.32. The topological polar surface area (TPSA) is 46.1 Å². The lowest BCUT2D eigenvalue weighted by molar-refractivity contribution is 0.0907. The lowest BCUT2D eigenvalue weighted by Crippen LogP contribution is -2.40. The van der Waals surface area contributed by atoms with Crippen molar-refractivity contribution in [2.75, 3.05) is 40.4 Å². The summed E-state index contributed by atoms with van der Waals surface area (Å²) < 4.78 is 11.2. The number of halogens is 1. The molecule has 1 aliphatic heterocycles. The van der Waals surface area contributed by atoms with E-state index in [4.69, 9.17) is 9.47 Å². The first kappa shape index (κ1) is 24.5. The van der Waals surface area contributed by atoms with Crippen LogP contribution in [-0.2, 0) is 17.8 Å². The van der Waals surface area contributed by atoms with Crippen molar-refractivity contribution in [3.63, 3.8) is 0 Å². The molecule has 0 radical (unpaired) electrons. The van der Waals surface area contributed by atoms with Gasteiger partial charge in [0.2, 0.25) is 0 Å². The van der Waals surface area contributed by atoms with E-state index in [1.807, 2.05) is 25.2 Å². The average molecular weight is 523 g/mol. The number of aliphatic imine (C=N–C) groups is 1. The van der Waals surface area contributed by atoms with Gasteiger partial charge >= 0.3 is 0 Å².